The number of carboxylic acid groups (broad SMARTS) is 1. The summed E-state index contributed by atoms with van der Waals surface area (Å²) in [5.74, 6) is -0.884. The van der Waals surface area contributed by atoms with Crippen LogP contribution < -0.4 is 5.73 Å². The molecule has 1 unspecified atom stereocenters. The van der Waals surface area contributed by atoms with Crippen LogP contribution in [0.25, 0.3) is 0 Å². The van der Waals surface area contributed by atoms with Gasteiger partial charge in [0.05, 0.1) is 11.4 Å². The van der Waals surface area contributed by atoms with Crippen LogP contribution in [0.15, 0.2) is 6.20 Å². The Hall–Kier alpha value is -1.52. The van der Waals surface area contributed by atoms with Gasteiger partial charge in [0.25, 0.3) is 0 Å². The number of hydrogen-bond donors (Lipinski definition) is 2. The molecule has 5 nitrogen and oxygen atoms in total. The number of carbonyl (C=O) groups is 1. The predicted molar refractivity (Wildman–Crippen MR) is 48.3 cm³/mol. The van der Waals surface area contributed by atoms with Crippen LogP contribution in [0.5, 0.6) is 0 Å². The quantitative estimate of drug-likeness (QED) is 0.726. The summed E-state index contributed by atoms with van der Waals surface area (Å²) in [4.78, 5) is 10.7. The number of anilines is 1. The summed E-state index contributed by atoms with van der Waals surface area (Å²) in [6, 6.07) is -0.615. The van der Waals surface area contributed by atoms with Crippen molar-refractivity contribution in [2.75, 3.05) is 5.73 Å². The second-order valence-corrected chi connectivity index (χ2v) is 2.91. The first-order chi connectivity index (χ1) is 6.06. The van der Waals surface area contributed by atoms with Crippen molar-refractivity contribution in [3.63, 3.8) is 0 Å². The molecule has 5 heteroatoms. The molecule has 0 fully saturated rings. The van der Waals surface area contributed by atoms with E-state index in [4.69, 9.17) is 10.8 Å². The fourth-order valence-corrected chi connectivity index (χ4v) is 1.13. The average molecular weight is 183 g/mol. The van der Waals surface area contributed by atoms with Gasteiger partial charge in [-0.05, 0) is 13.3 Å². The minimum absolute atomic E-state index is 0.496. The monoisotopic (exact) mass is 183 g/mol. The van der Waals surface area contributed by atoms with E-state index >= 15 is 0 Å². The molecule has 0 bridgehead atoms. The van der Waals surface area contributed by atoms with Gasteiger partial charge in [-0.2, -0.15) is 5.10 Å². The van der Waals surface area contributed by atoms with E-state index in [2.05, 4.69) is 5.10 Å². The Kier molecular flexibility index (Phi) is 2.55. The first-order valence-corrected chi connectivity index (χ1v) is 4.10. The molecule has 1 aromatic rings. The van der Waals surface area contributed by atoms with E-state index in [-0.39, 0.29) is 0 Å². The summed E-state index contributed by atoms with van der Waals surface area (Å²) in [5.41, 5.74) is 6.75. The van der Waals surface area contributed by atoms with E-state index in [1.165, 1.54) is 4.68 Å². The molecule has 0 aromatic carbocycles. The Morgan fingerprint density at radius 2 is 2.46 bits per heavy atom. The summed E-state index contributed by atoms with van der Waals surface area (Å²) in [6.07, 6.45) is 2.05. The van der Waals surface area contributed by atoms with Crippen molar-refractivity contribution in [2.45, 2.75) is 26.3 Å². The number of nitrogens with two attached hydrogens (primary N) is 1. The average Bonchev–Trinajstić information content (AvgIpc) is 2.32. The van der Waals surface area contributed by atoms with Gasteiger partial charge in [-0.1, -0.05) is 6.92 Å². The van der Waals surface area contributed by atoms with Gasteiger partial charge in [0.15, 0.2) is 0 Å². The Balaban J connectivity index is 2.98. The third-order valence-electron chi connectivity index (χ3n) is 1.95. The second kappa shape index (κ2) is 3.47. The van der Waals surface area contributed by atoms with Crippen LogP contribution in [0, 0.1) is 6.92 Å². The number of rotatable bonds is 3. The minimum atomic E-state index is -0.884. The Morgan fingerprint density at radius 3 is 2.77 bits per heavy atom. The van der Waals surface area contributed by atoms with Gasteiger partial charge in [-0.25, -0.2) is 4.79 Å². The first kappa shape index (κ1) is 9.57. The van der Waals surface area contributed by atoms with Crippen molar-refractivity contribution >= 4 is 11.7 Å². The SMILES string of the molecule is CCC(C(=O)O)n1cc(N)c(C)n1. The number of aliphatic carboxylic acids is 1. The Labute approximate surface area is 76.2 Å². The third kappa shape index (κ3) is 1.80. The molecule has 1 rings (SSSR count). The van der Waals surface area contributed by atoms with E-state index in [9.17, 15) is 4.79 Å². The molecule has 1 aromatic heterocycles. The van der Waals surface area contributed by atoms with Gasteiger partial charge in [0.2, 0.25) is 0 Å². The van der Waals surface area contributed by atoms with E-state index < -0.39 is 12.0 Å². The van der Waals surface area contributed by atoms with Crippen LogP contribution in [0.1, 0.15) is 25.1 Å². The van der Waals surface area contributed by atoms with Gasteiger partial charge in [-0.15, -0.1) is 0 Å². The fraction of sp³-hybridized carbons (Fsp3) is 0.500. The molecule has 0 radical (unpaired) electrons. The number of carboxylic acids is 1. The lowest BCUT2D eigenvalue weighted by Crippen LogP contribution is -2.18. The lowest BCUT2D eigenvalue weighted by Gasteiger charge is -2.08. The molecule has 0 amide bonds. The summed E-state index contributed by atoms with van der Waals surface area (Å²) in [5, 5.41) is 12.8. The minimum Gasteiger partial charge on any atom is -0.480 e. The maximum Gasteiger partial charge on any atom is 0.328 e. The molecule has 0 saturated carbocycles. The molecule has 3 N–H and O–H groups in total. The fourth-order valence-electron chi connectivity index (χ4n) is 1.13. The van der Waals surface area contributed by atoms with Crippen molar-refractivity contribution in [3.05, 3.63) is 11.9 Å². The van der Waals surface area contributed by atoms with Gasteiger partial charge in [-0.3, -0.25) is 4.68 Å². The van der Waals surface area contributed by atoms with Gasteiger partial charge in [0, 0.05) is 6.20 Å². The van der Waals surface area contributed by atoms with Crippen molar-refractivity contribution in [1.29, 1.82) is 0 Å². The molecule has 0 spiro atoms. The first-order valence-electron chi connectivity index (χ1n) is 4.10. The summed E-state index contributed by atoms with van der Waals surface area (Å²) in [7, 11) is 0. The van der Waals surface area contributed by atoms with Crippen molar-refractivity contribution < 1.29 is 9.90 Å². The number of aromatic nitrogens is 2. The molecule has 0 saturated heterocycles. The topological polar surface area (TPSA) is 81.1 Å². The standard InChI is InChI=1S/C8H13N3O2/c1-3-7(8(12)13)11-4-6(9)5(2)10-11/h4,7H,3,9H2,1-2H3,(H,12,13). The lowest BCUT2D eigenvalue weighted by atomic mass is 10.2. The van der Waals surface area contributed by atoms with Crippen LogP contribution >= 0.6 is 0 Å². The maximum atomic E-state index is 10.7. The molecule has 1 atom stereocenters. The van der Waals surface area contributed by atoms with Crippen molar-refractivity contribution in [3.8, 4) is 0 Å². The normalized spacial score (nSPS) is 12.8. The van der Waals surface area contributed by atoms with Gasteiger partial charge >= 0.3 is 5.97 Å². The summed E-state index contributed by atoms with van der Waals surface area (Å²) in [6.45, 7) is 3.55. The molecule has 13 heavy (non-hydrogen) atoms. The van der Waals surface area contributed by atoms with E-state index in [1.807, 2.05) is 0 Å². The molecule has 0 aliphatic carbocycles. The molecule has 0 aliphatic rings. The molecule has 1 heterocycles. The van der Waals surface area contributed by atoms with Crippen LogP contribution in [-0.4, -0.2) is 20.9 Å². The van der Waals surface area contributed by atoms with Crippen LogP contribution in [0.2, 0.25) is 0 Å². The zero-order valence-corrected chi connectivity index (χ0v) is 7.69. The zero-order chi connectivity index (χ0) is 10.0. The molecule has 0 aliphatic heterocycles. The molecular weight excluding hydrogens is 170 g/mol. The molecule has 72 valence electrons. The lowest BCUT2D eigenvalue weighted by molar-refractivity contribution is -0.141. The Bertz CT molecular complexity index is 300. The van der Waals surface area contributed by atoms with E-state index in [1.54, 1.807) is 20.0 Å². The van der Waals surface area contributed by atoms with Crippen LogP contribution in [0.3, 0.4) is 0 Å². The van der Waals surface area contributed by atoms with Gasteiger partial charge in [0.1, 0.15) is 6.04 Å². The number of nitrogens with zero attached hydrogens (tertiary/aromatic N) is 2. The number of hydrogen-bond acceptors (Lipinski definition) is 3. The second-order valence-electron chi connectivity index (χ2n) is 2.91. The highest BCUT2D eigenvalue weighted by atomic mass is 16.4. The van der Waals surface area contributed by atoms with E-state index in [0.29, 0.717) is 17.8 Å². The highest BCUT2D eigenvalue weighted by Gasteiger charge is 2.18. The van der Waals surface area contributed by atoms with E-state index in [0.717, 1.165) is 0 Å². The highest BCUT2D eigenvalue weighted by molar-refractivity contribution is 5.71. The zero-order valence-electron chi connectivity index (χ0n) is 7.69. The smallest absolute Gasteiger partial charge is 0.328 e. The summed E-state index contributed by atoms with van der Waals surface area (Å²) < 4.78 is 1.40. The Morgan fingerprint density at radius 1 is 1.85 bits per heavy atom. The van der Waals surface area contributed by atoms with Crippen molar-refractivity contribution in [1.82, 2.24) is 9.78 Å². The van der Waals surface area contributed by atoms with Gasteiger partial charge < -0.3 is 10.8 Å². The van der Waals surface area contributed by atoms with Crippen LogP contribution in [0.4, 0.5) is 5.69 Å². The van der Waals surface area contributed by atoms with Crippen LogP contribution in [-0.2, 0) is 4.79 Å². The number of nitrogen functional groups attached to an aromatic ring is 1. The largest absolute Gasteiger partial charge is 0.480 e. The third-order valence-corrected chi connectivity index (χ3v) is 1.95. The predicted octanol–water partition coefficient (Wildman–Crippen LogP) is 0.809. The highest BCUT2D eigenvalue weighted by Crippen LogP contribution is 2.15. The number of aryl methyl sites for hydroxylation is 1. The summed E-state index contributed by atoms with van der Waals surface area (Å²) >= 11 is 0. The maximum absolute atomic E-state index is 10.7. The van der Waals surface area contributed by atoms with Crippen molar-refractivity contribution in [2.24, 2.45) is 0 Å². The molecular formula is C8H13N3O2.